The molecular weight excluding hydrogens is 166 g/mol. The average Bonchev–Trinajstić information content (AvgIpc) is 1.94. The minimum atomic E-state index is -1.39. The van der Waals surface area contributed by atoms with Crippen LogP contribution >= 0.6 is 0 Å². The molecule has 1 rings (SSSR count). The van der Waals surface area contributed by atoms with E-state index in [0.717, 1.165) is 12.3 Å². The van der Waals surface area contributed by atoms with E-state index in [4.69, 9.17) is 5.11 Å². The van der Waals surface area contributed by atoms with Crippen LogP contribution in [0.1, 0.15) is 0 Å². The average molecular weight is 171 g/mol. The number of amides is 1. The largest absolute Gasteiger partial charge is 0.464 e. The molecule has 1 aromatic rings. The van der Waals surface area contributed by atoms with Crippen molar-refractivity contribution < 1.29 is 9.90 Å². The molecule has 0 atom stereocenters. The number of carboxylic acid groups (broad SMARTS) is 1. The van der Waals surface area contributed by atoms with Gasteiger partial charge in [-0.1, -0.05) is 0 Å². The molecule has 0 aliphatic heterocycles. The van der Waals surface area contributed by atoms with E-state index in [0.29, 0.717) is 4.68 Å². The SMILES string of the molecule is O=C(O)Nn1ccc(=O)[nH]c1=O. The molecule has 0 aliphatic rings. The predicted octanol–water partition coefficient (Wildman–Crippen LogP) is -1.24. The summed E-state index contributed by atoms with van der Waals surface area (Å²) in [5, 5.41) is 8.20. The van der Waals surface area contributed by atoms with Gasteiger partial charge in [0.1, 0.15) is 0 Å². The second kappa shape index (κ2) is 2.91. The predicted molar refractivity (Wildman–Crippen MR) is 38.7 cm³/mol. The molecule has 1 amide bonds. The summed E-state index contributed by atoms with van der Waals surface area (Å²) in [6, 6.07) is 1.03. The van der Waals surface area contributed by atoms with Gasteiger partial charge >= 0.3 is 11.8 Å². The van der Waals surface area contributed by atoms with Crippen molar-refractivity contribution in [3.63, 3.8) is 0 Å². The molecular formula is C5H5N3O4. The molecule has 7 heteroatoms. The Hall–Kier alpha value is -2.05. The van der Waals surface area contributed by atoms with Gasteiger partial charge in [-0.05, 0) is 0 Å². The minimum Gasteiger partial charge on any atom is -0.464 e. The highest BCUT2D eigenvalue weighted by molar-refractivity contribution is 5.73. The van der Waals surface area contributed by atoms with Gasteiger partial charge in [0.25, 0.3) is 5.56 Å². The third-order valence-electron chi connectivity index (χ3n) is 1.04. The molecule has 64 valence electrons. The number of nitrogens with one attached hydrogen (secondary N) is 2. The first kappa shape index (κ1) is 8.05. The topological polar surface area (TPSA) is 104 Å². The zero-order valence-corrected chi connectivity index (χ0v) is 5.77. The lowest BCUT2D eigenvalue weighted by molar-refractivity contribution is 0.206. The highest BCUT2D eigenvalue weighted by Crippen LogP contribution is 1.68. The molecule has 12 heavy (non-hydrogen) atoms. The van der Waals surface area contributed by atoms with Gasteiger partial charge in [-0.3, -0.25) is 9.78 Å². The summed E-state index contributed by atoms with van der Waals surface area (Å²) in [5.41, 5.74) is 0.342. The van der Waals surface area contributed by atoms with Crippen LogP contribution in [0.2, 0.25) is 0 Å². The monoisotopic (exact) mass is 171 g/mol. The normalized spacial score (nSPS) is 9.33. The molecule has 0 aliphatic carbocycles. The Bertz CT molecular complexity index is 404. The number of carbonyl (C=O) groups is 1. The molecule has 0 bridgehead atoms. The number of aromatic amines is 1. The van der Waals surface area contributed by atoms with Crippen LogP contribution in [0.15, 0.2) is 21.9 Å². The molecule has 0 saturated carbocycles. The van der Waals surface area contributed by atoms with Gasteiger partial charge < -0.3 is 5.11 Å². The smallest absolute Gasteiger partial charge is 0.424 e. The first-order chi connectivity index (χ1) is 5.59. The maximum atomic E-state index is 10.8. The van der Waals surface area contributed by atoms with Crippen molar-refractivity contribution in [1.82, 2.24) is 9.66 Å². The van der Waals surface area contributed by atoms with E-state index in [1.807, 2.05) is 4.98 Å². The molecule has 0 fully saturated rings. The fourth-order valence-corrected chi connectivity index (χ4v) is 0.608. The molecule has 0 aromatic carbocycles. The molecule has 0 radical (unpaired) electrons. The van der Waals surface area contributed by atoms with E-state index in [1.54, 1.807) is 5.43 Å². The van der Waals surface area contributed by atoms with Crippen LogP contribution in [0.5, 0.6) is 0 Å². The Balaban J connectivity index is 3.10. The molecule has 0 saturated heterocycles. The first-order valence-corrected chi connectivity index (χ1v) is 2.91. The van der Waals surface area contributed by atoms with Crippen LogP contribution in [-0.2, 0) is 0 Å². The van der Waals surface area contributed by atoms with Crippen molar-refractivity contribution >= 4 is 6.09 Å². The maximum Gasteiger partial charge on any atom is 0.424 e. The van der Waals surface area contributed by atoms with Gasteiger partial charge in [0, 0.05) is 12.3 Å². The highest BCUT2D eigenvalue weighted by Gasteiger charge is 1.97. The van der Waals surface area contributed by atoms with E-state index in [1.165, 1.54) is 0 Å². The van der Waals surface area contributed by atoms with Crippen LogP contribution in [0.25, 0.3) is 0 Å². The fraction of sp³-hybridized carbons (Fsp3) is 0. The van der Waals surface area contributed by atoms with Gasteiger partial charge in [-0.15, -0.1) is 0 Å². The van der Waals surface area contributed by atoms with Crippen LogP contribution in [0, 0.1) is 0 Å². The number of hydrogen-bond acceptors (Lipinski definition) is 3. The van der Waals surface area contributed by atoms with Crippen molar-refractivity contribution in [2.75, 3.05) is 5.43 Å². The van der Waals surface area contributed by atoms with E-state index in [9.17, 15) is 14.4 Å². The second-order valence-corrected chi connectivity index (χ2v) is 1.90. The summed E-state index contributed by atoms with van der Waals surface area (Å²) in [7, 11) is 0. The summed E-state index contributed by atoms with van der Waals surface area (Å²) in [6.45, 7) is 0. The zero-order valence-electron chi connectivity index (χ0n) is 5.77. The summed E-state index contributed by atoms with van der Waals surface area (Å²) in [4.78, 5) is 33.2. The fourth-order valence-electron chi connectivity index (χ4n) is 0.608. The van der Waals surface area contributed by atoms with E-state index in [-0.39, 0.29) is 0 Å². The van der Waals surface area contributed by atoms with Gasteiger partial charge in [-0.2, -0.15) is 0 Å². The maximum absolute atomic E-state index is 10.8. The van der Waals surface area contributed by atoms with E-state index >= 15 is 0 Å². The van der Waals surface area contributed by atoms with Crippen molar-refractivity contribution in [1.29, 1.82) is 0 Å². The summed E-state index contributed by atoms with van der Waals surface area (Å²) < 4.78 is 0.643. The lowest BCUT2D eigenvalue weighted by atomic mass is 10.7. The van der Waals surface area contributed by atoms with Crippen molar-refractivity contribution in [3.8, 4) is 0 Å². The zero-order chi connectivity index (χ0) is 9.14. The number of H-pyrrole nitrogens is 1. The first-order valence-electron chi connectivity index (χ1n) is 2.91. The third kappa shape index (κ3) is 1.72. The third-order valence-corrected chi connectivity index (χ3v) is 1.04. The summed E-state index contributed by atoms with van der Waals surface area (Å²) >= 11 is 0. The molecule has 7 nitrogen and oxygen atoms in total. The Morgan fingerprint density at radius 3 is 2.75 bits per heavy atom. The van der Waals surface area contributed by atoms with Crippen molar-refractivity contribution in [3.05, 3.63) is 33.1 Å². The van der Waals surface area contributed by atoms with Crippen molar-refractivity contribution in [2.24, 2.45) is 0 Å². The van der Waals surface area contributed by atoms with Crippen LogP contribution in [0.3, 0.4) is 0 Å². The Morgan fingerprint density at radius 2 is 2.25 bits per heavy atom. The Kier molecular flexibility index (Phi) is 1.95. The quantitative estimate of drug-likeness (QED) is 0.491. The van der Waals surface area contributed by atoms with Gasteiger partial charge in [-0.25, -0.2) is 19.7 Å². The molecule has 0 unspecified atom stereocenters. The van der Waals surface area contributed by atoms with Gasteiger partial charge in [0.2, 0.25) is 0 Å². The number of rotatable bonds is 1. The second-order valence-electron chi connectivity index (χ2n) is 1.90. The Labute approximate surface area is 65.2 Å². The van der Waals surface area contributed by atoms with E-state index in [2.05, 4.69) is 0 Å². The van der Waals surface area contributed by atoms with E-state index < -0.39 is 17.3 Å². The Morgan fingerprint density at radius 1 is 1.58 bits per heavy atom. The lowest BCUT2D eigenvalue weighted by Crippen LogP contribution is -2.36. The van der Waals surface area contributed by atoms with Crippen molar-refractivity contribution in [2.45, 2.75) is 0 Å². The highest BCUT2D eigenvalue weighted by atomic mass is 16.4. The van der Waals surface area contributed by atoms with Gasteiger partial charge in [0.05, 0.1) is 0 Å². The van der Waals surface area contributed by atoms with Gasteiger partial charge in [0.15, 0.2) is 0 Å². The van der Waals surface area contributed by atoms with Crippen LogP contribution in [-0.4, -0.2) is 20.9 Å². The van der Waals surface area contributed by atoms with Crippen LogP contribution < -0.4 is 16.7 Å². The molecule has 0 spiro atoms. The number of hydrogen-bond donors (Lipinski definition) is 3. The molecule has 1 heterocycles. The summed E-state index contributed by atoms with van der Waals surface area (Å²) in [5.74, 6) is 0. The lowest BCUT2D eigenvalue weighted by Gasteiger charge is -2.00. The molecule has 1 aromatic heterocycles. The molecule has 3 N–H and O–H groups in total. The number of aromatic nitrogens is 2. The minimum absolute atomic E-state index is 0.580. The van der Waals surface area contributed by atoms with Crippen LogP contribution in [0.4, 0.5) is 4.79 Å². The number of nitrogens with zero attached hydrogens (tertiary/aromatic N) is 1. The summed E-state index contributed by atoms with van der Waals surface area (Å²) in [6.07, 6.45) is -0.362. The standard InChI is InChI=1S/C5H5N3O4/c9-3-1-2-8(4(10)6-3)7-5(11)12/h1-2,7H,(H,11,12)(H,6,9,10).